The van der Waals surface area contributed by atoms with Crippen molar-refractivity contribution >= 4 is 11.6 Å². The van der Waals surface area contributed by atoms with Crippen molar-refractivity contribution in [1.82, 2.24) is 0 Å². The summed E-state index contributed by atoms with van der Waals surface area (Å²) >= 11 is 0. The van der Waals surface area contributed by atoms with E-state index in [4.69, 9.17) is 0 Å². The Kier molecular flexibility index (Phi) is 3.59. The van der Waals surface area contributed by atoms with E-state index in [1.54, 1.807) is 12.1 Å². The second-order valence-electron chi connectivity index (χ2n) is 2.96. The van der Waals surface area contributed by atoms with Crippen LogP contribution in [0, 0.1) is 12.7 Å². The van der Waals surface area contributed by atoms with Gasteiger partial charge in [-0.05, 0) is 24.6 Å². The maximum atomic E-state index is 13.1. The quantitative estimate of drug-likeness (QED) is 0.801. The van der Waals surface area contributed by atoms with Crippen LogP contribution in [0.4, 0.5) is 10.1 Å². The number of amides is 1. The van der Waals surface area contributed by atoms with Crippen LogP contribution >= 0.6 is 0 Å². The van der Waals surface area contributed by atoms with E-state index >= 15 is 0 Å². The molecule has 0 aromatic heterocycles. The number of rotatable bonds is 3. The summed E-state index contributed by atoms with van der Waals surface area (Å²) in [5.74, 6) is -0.808. The van der Waals surface area contributed by atoms with Crippen LogP contribution in [0.2, 0.25) is 0 Å². The standard InChI is InChI=1S/C10H12FNO2/c1-7-3-4-8(11)9(5-7)12-10(13)6-14-2/h3-5H,6H2,1-2H3,(H,12,13). The van der Waals surface area contributed by atoms with Gasteiger partial charge in [-0.1, -0.05) is 6.07 Å². The second kappa shape index (κ2) is 4.72. The number of benzene rings is 1. The average Bonchev–Trinajstić information content (AvgIpc) is 2.12. The molecule has 3 nitrogen and oxygen atoms in total. The van der Waals surface area contributed by atoms with Crippen molar-refractivity contribution in [3.8, 4) is 0 Å². The van der Waals surface area contributed by atoms with Crippen LogP contribution in [0.25, 0.3) is 0 Å². The lowest BCUT2D eigenvalue weighted by atomic mass is 10.2. The molecule has 0 aliphatic heterocycles. The lowest BCUT2D eigenvalue weighted by Gasteiger charge is -2.06. The fraction of sp³-hybridized carbons (Fsp3) is 0.300. The van der Waals surface area contributed by atoms with Crippen LogP contribution in [0.3, 0.4) is 0 Å². The van der Waals surface area contributed by atoms with Gasteiger partial charge in [0.1, 0.15) is 12.4 Å². The van der Waals surface area contributed by atoms with Gasteiger partial charge in [0.05, 0.1) is 5.69 Å². The van der Waals surface area contributed by atoms with E-state index in [0.29, 0.717) is 0 Å². The predicted molar refractivity (Wildman–Crippen MR) is 51.6 cm³/mol. The molecule has 0 radical (unpaired) electrons. The Labute approximate surface area is 81.9 Å². The Hall–Kier alpha value is -1.42. The fourth-order valence-corrected chi connectivity index (χ4v) is 1.05. The monoisotopic (exact) mass is 197 g/mol. The first kappa shape index (κ1) is 10.7. The van der Waals surface area contributed by atoms with E-state index in [2.05, 4.69) is 10.1 Å². The number of hydrogen-bond donors (Lipinski definition) is 1. The molecule has 1 rings (SSSR count). The maximum Gasteiger partial charge on any atom is 0.250 e. The van der Waals surface area contributed by atoms with Gasteiger partial charge in [-0.2, -0.15) is 0 Å². The Morgan fingerprint density at radius 3 is 2.93 bits per heavy atom. The van der Waals surface area contributed by atoms with Gasteiger partial charge in [0.15, 0.2) is 0 Å². The minimum Gasteiger partial charge on any atom is -0.375 e. The molecule has 0 aliphatic rings. The van der Waals surface area contributed by atoms with Gasteiger partial charge in [-0.15, -0.1) is 0 Å². The molecule has 0 aliphatic carbocycles. The lowest BCUT2D eigenvalue weighted by molar-refractivity contribution is -0.119. The fourth-order valence-electron chi connectivity index (χ4n) is 1.05. The first-order chi connectivity index (χ1) is 6.63. The normalized spacial score (nSPS) is 9.93. The van der Waals surface area contributed by atoms with Crippen molar-refractivity contribution in [3.05, 3.63) is 29.6 Å². The van der Waals surface area contributed by atoms with E-state index in [0.717, 1.165) is 5.56 Å². The molecular formula is C10H12FNO2. The molecule has 0 fully saturated rings. The molecule has 0 unspecified atom stereocenters. The SMILES string of the molecule is COCC(=O)Nc1cc(C)ccc1F. The smallest absolute Gasteiger partial charge is 0.250 e. The number of ether oxygens (including phenoxy) is 1. The molecule has 0 spiro atoms. The van der Waals surface area contributed by atoms with Crippen molar-refractivity contribution in [2.45, 2.75) is 6.92 Å². The van der Waals surface area contributed by atoms with Gasteiger partial charge in [0.25, 0.3) is 0 Å². The van der Waals surface area contributed by atoms with Gasteiger partial charge in [0.2, 0.25) is 5.91 Å². The summed E-state index contributed by atoms with van der Waals surface area (Å²) in [5, 5.41) is 2.41. The highest BCUT2D eigenvalue weighted by Crippen LogP contribution is 2.15. The largest absolute Gasteiger partial charge is 0.375 e. The van der Waals surface area contributed by atoms with Crippen LogP contribution in [0.15, 0.2) is 18.2 Å². The topological polar surface area (TPSA) is 38.3 Å². The zero-order valence-electron chi connectivity index (χ0n) is 8.13. The molecule has 76 valence electrons. The van der Waals surface area contributed by atoms with Gasteiger partial charge in [0, 0.05) is 7.11 Å². The number of aryl methyl sites for hydroxylation is 1. The molecule has 4 heteroatoms. The van der Waals surface area contributed by atoms with E-state index in [-0.39, 0.29) is 18.2 Å². The van der Waals surface area contributed by atoms with Crippen molar-refractivity contribution in [1.29, 1.82) is 0 Å². The minimum atomic E-state index is -0.444. The summed E-state index contributed by atoms with van der Waals surface area (Å²) in [6, 6.07) is 4.53. The van der Waals surface area contributed by atoms with E-state index in [1.165, 1.54) is 13.2 Å². The molecule has 1 aromatic rings. The summed E-state index contributed by atoms with van der Waals surface area (Å²) in [5.41, 5.74) is 1.08. The van der Waals surface area contributed by atoms with Gasteiger partial charge in [-0.25, -0.2) is 4.39 Å². The number of nitrogens with one attached hydrogen (secondary N) is 1. The highest BCUT2D eigenvalue weighted by atomic mass is 19.1. The van der Waals surface area contributed by atoms with Gasteiger partial charge < -0.3 is 10.1 Å². The first-order valence-electron chi connectivity index (χ1n) is 4.18. The molecule has 14 heavy (non-hydrogen) atoms. The van der Waals surface area contributed by atoms with E-state index in [1.807, 2.05) is 6.92 Å². The van der Waals surface area contributed by atoms with E-state index in [9.17, 15) is 9.18 Å². The van der Waals surface area contributed by atoms with Gasteiger partial charge in [-0.3, -0.25) is 4.79 Å². The molecule has 0 heterocycles. The molecule has 0 bridgehead atoms. The Morgan fingerprint density at radius 1 is 1.57 bits per heavy atom. The molecule has 1 amide bonds. The van der Waals surface area contributed by atoms with Crippen LogP contribution in [-0.2, 0) is 9.53 Å². The highest BCUT2D eigenvalue weighted by Gasteiger charge is 2.06. The van der Waals surface area contributed by atoms with Crippen LogP contribution in [0.5, 0.6) is 0 Å². The third-order valence-corrected chi connectivity index (χ3v) is 1.67. The summed E-state index contributed by atoms with van der Waals surface area (Å²) in [6.07, 6.45) is 0. The lowest BCUT2D eigenvalue weighted by Crippen LogP contribution is -2.17. The van der Waals surface area contributed by atoms with Crippen LogP contribution in [-0.4, -0.2) is 19.6 Å². The molecule has 1 N–H and O–H groups in total. The number of hydrogen-bond acceptors (Lipinski definition) is 2. The summed E-state index contributed by atoms with van der Waals surface area (Å²) < 4.78 is 17.7. The van der Waals surface area contributed by atoms with E-state index < -0.39 is 5.82 Å². The number of anilines is 1. The minimum absolute atomic E-state index is 0.0760. The third-order valence-electron chi connectivity index (χ3n) is 1.67. The summed E-state index contributed by atoms with van der Waals surface area (Å²) in [6.45, 7) is 1.75. The van der Waals surface area contributed by atoms with Gasteiger partial charge >= 0.3 is 0 Å². The molecule has 0 saturated heterocycles. The number of carbonyl (C=O) groups excluding carboxylic acids is 1. The summed E-state index contributed by atoms with van der Waals surface area (Å²) in [4.78, 5) is 11.1. The van der Waals surface area contributed by atoms with Crippen LogP contribution in [0.1, 0.15) is 5.56 Å². The Balaban J connectivity index is 2.75. The number of halogens is 1. The maximum absolute atomic E-state index is 13.1. The molecule has 0 saturated carbocycles. The average molecular weight is 197 g/mol. The van der Waals surface area contributed by atoms with Crippen LogP contribution < -0.4 is 5.32 Å². The zero-order valence-corrected chi connectivity index (χ0v) is 8.13. The van der Waals surface area contributed by atoms with Crippen molar-refractivity contribution < 1.29 is 13.9 Å². The second-order valence-corrected chi connectivity index (χ2v) is 2.96. The van der Waals surface area contributed by atoms with Crippen molar-refractivity contribution in [3.63, 3.8) is 0 Å². The number of methoxy groups -OCH3 is 1. The predicted octanol–water partition coefficient (Wildman–Crippen LogP) is 1.72. The first-order valence-corrected chi connectivity index (χ1v) is 4.18. The van der Waals surface area contributed by atoms with Crippen molar-refractivity contribution in [2.24, 2.45) is 0 Å². The zero-order chi connectivity index (χ0) is 10.6. The summed E-state index contributed by atoms with van der Waals surface area (Å²) in [7, 11) is 1.41. The number of carbonyl (C=O) groups is 1. The highest BCUT2D eigenvalue weighted by molar-refractivity contribution is 5.91. The third kappa shape index (κ3) is 2.81. The van der Waals surface area contributed by atoms with Crippen molar-refractivity contribution in [2.75, 3.05) is 19.0 Å². The Morgan fingerprint density at radius 2 is 2.29 bits per heavy atom. The molecular weight excluding hydrogens is 185 g/mol. The molecule has 0 atom stereocenters. The Bertz CT molecular complexity index is 339. The molecule has 1 aromatic carbocycles.